The Balaban J connectivity index is 1.94. The van der Waals surface area contributed by atoms with E-state index in [-0.39, 0.29) is 18.0 Å². The minimum Gasteiger partial charge on any atom is -0.447 e. The molecule has 112 valence electrons. The molecule has 2 saturated heterocycles. The first-order valence-electron chi connectivity index (χ1n) is 7.13. The molecule has 21 heavy (non-hydrogen) atoms. The molecule has 3 heterocycles. The van der Waals surface area contributed by atoms with Crippen molar-refractivity contribution in [3.05, 3.63) is 17.6 Å². The molecular formula is C14H18N4O3. The number of rotatable bonds is 2. The second-order valence-corrected chi connectivity index (χ2v) is 5.33. The number of nitrogens with zero attached hydrogens (tertiary/aromatic N) is 4. The van der Waals surface area contributed by atoms with Gasteiger partial charge in [-0.05, 0) is 19.8 Å². The van der Waals surface area contributed by atoms with E-state index in [0.29, 0.717) is 24.8 Å². The Kier molecular flexibility index (Phi) is 3.48. The molecule has 2 aliphatic heterocycles. The summed E-state index contributed by atoms with van der Waals surface area (Å²) < 4.78 is 4.95. The standard InChI is InChI=1S/C14H18N4O3/c1-9-15-11(12-4-3-5-17(12)10(2)19)8-13(16-9)18-6-7-21-14(18)20/h8,12H,3-7H2,1-2H3. The van der Waals surface area contributed by atoms with E-state index in [9.17, 15) is 9.59 Å². The van der Waals surface area contributed by atoms with E-state index >= 15 is 0 Å². The average Bonchev–Trinajstić information content (AvgIpc) is 3.06. The smallest absolute Gasteiger partial charge is 0.415 e. The minimum atomic E-state index is -0.381. The normalized spacial score (nSPS) is 21.8. The third-order valence-electron chi connectivity index (χ3n) is 3.88. The van der Waals surface area contributed by atoms with E-state index in [1.54, 1.807) is 19.9 Å². The van der Waals surface area contributed by atoms with E-state index in [2.05, 4.69) is 9.97 Å². The highest BCUT2D eigenvalue weighted by Crippen LogP contribution is 2.32. The van der Waals surface area contributed by atoms with Gasteiger partial charge in [-0.1, -0.05) is 0 Å². The predicted molar refractivity (Wildman–Crippen MR) is 74.8 cm³/mol. The number of amides is 2. The van der Waals surface area contributed by atoms with Crippen LogP contribution in [0.15, 0.2) is 6.07 Å². The zero-order valence-electron chi connectivity index (χ0n) is 12.2. The molecular weight excluding hydrogens is 272 g/mol. The van der Waals surface area contributed by atoms with Gasteiger partial charge in [-0.2, -0.15) is 0 Å². The molecule has 0 aliphatic carbocycles. The summed E-state index contributed by atoms with van der Waals surface area (Å²) in [7, 11) is 0. The molecule has 1 atom stereocenters. The maximum absolute atomic E-state index is 11.7. The lowest BCUT2D eigenvalue weighted by atomic mass is 10.1. The van der Waals surface area contributed by atoms with Crippen LogP contribution in [0.25, 0.3) is 0 Å². The lowest BCUT2D eigenvalue weighted by Gasteiger charge is -2.24. The van der Waals surface area contributed by atoms with Crippen molar-refractivity contribution >= 4 is 17.8 Å². The van der Waals surface area contributed by atoms with Crippen LogP contribution in [0.1, 0.15) is 37.3 Å². The molecule has 0 spiro atoms. The zero-order chi connectivity index (χ0) is 15.0. The molecule has 0 radical (unpaired) electrons. The summed E-state index contributed by atoms with van der Waals surface area (Å²) >= 11 is 0. The molecule has 1 aromatic rings. The molecule has 2 amide bonds. The lowest BCUT2D eigenvalue weighted by molar-refractivity contribution is -0.129. The number of cyclic esters (lactones) is 1. The monoisotopic (exact) mass is 290 g/mol. The highest BCUT2D eigenvalue weighted by atomic mass is 16.6. The van der Waals surface area contributed by atoms with Crippen molar-refractivity contribution in [1.29, 1.82) is 0 Å². The fourth-order valence-electron chi connectivity index (χ4n) is 2.94. The van der Waals surface area contributed by atoms with E-state index in [1.165, 1.54) is 4.90 Å². The van der Waals surface area contributed by atoms with Crippen LogP contribution in [0.2, 0.25) is 0 Å². The second kappa shape index (κ2) is 5.31. The lowest BCUT2D eigenvalue weighted by Crippen LogP contribution is -2.30. The van der Waals surface area contributed by atoms with Crippen LogP contribution < -0.4 is 4.90 Å². The number of hydrogen-bond acceptors (Lipinski definition) is 5. The highest BCUT2D eigenvalue weighted by molar-refractivity contribution is 5.88. The van der Waals surface area contributed by atoms with Gasteiger partial charge in [0.1, 0.15) is 18.2 Å². The number of anilines is 1. The fourth-order valence-corrected chi connectivity index (χ4v) is 2.94. The van der Waals surface area contributed by atoms with Crippen LogP contribution in [0, 0.1) is 6.92 Å². The van der Waals surface area contributed by atoms with E-state index in [0.717, 1.165) is 25.1 Å². The Bertz CT molecular complexity index is 590. The predicted octanol–water partition coefficient (Wildman–Crippen LogP) is 1.43. The molecule has 1 aromatic heterocycles. The van der Waals surface area contributed by atoms with Crippen molar-refractivity contribution in [2.45, 2.75) is 32.7 Å². The summed E-state index contributed by atoms with van der Waals surface area (Å²) in [6, 6.07) is 1.77. The Morgan fingerprint density at radius 1 is 1.38 bits per heavy atom. The van der Waals surface area contributed by atoms with Crippen LogP contribution in [0.4, 0.5) is 10.6 Å². The first-order chi connectivity index (χ1) is 10.1. The summed E-state index contributed by atoms with van der Waals surface area (Å²) in [4.78, 5) is 35.5. The first-order valence-corrected chi connectivity index (χ1v) is 7.13. The van der Waals surface area contributed by atoms with Gasteiger partial charge >= 0.3 is 6.09 Å². The van der Waals surface area contributed by atoms with Gasteiger partial charge in [-0.15, -0.1) is 0 Å². The van der Waals surface area contributed by atoms with Crippen molar-refractivity contribution in [3.8, 4) is 0 Å². The van der Waals surface area contributed by atoms with E-state index in [1.807, 2.05) is 4.90 Å². The second-order valence-electron chi connectivity index (χ2n) is 5.33. The molecule has 1 unspecified atom stereocenters. The van der Waals surface area contributed by atoms with Gasteiger partial charge in [-0.25, -0.2) is 14.8 Å². The molecule has 7 heteroatoms. The number of carbonyl (C=O) groups is 2. The number of ether oxygens (including phenoxy) is 1. The average molecular weight is 290 g/mol. The maximum atomic E-state index is 11.7. The summed E-state index contributed by atoms with van der Waals surface area (Å²) in [5.41, 5.74) is 0.796. The molecule has 0 bridgehead atoms. The molecule has 0 saturated carbocycles. The number of carbonyl (C=O) groups excluding carboxylic acids is 2. The molecule has 0 aromatic carbocycles. The Hall–Kier alpha value is -2.18. The third-order valence-corrected chi connectivity index (χ3v) is 3.88. The molecule has 3 rings (SSSR count). The first kappa shape index (κ1) is 13.8. The van der Waals surface area contributed by atoms with Gasteiger partial charge in [-0.3, -0.25) is 9.69 Å². The SMILES string of the molecule is CC(=O)N1CCCC1c1cc(N2CCOC2=O)nc(C)n1. The fraction of sp³-hybridized carbons (Fsp3) is 0.571. The molecule has 2 aliphatic rings. The Morgan fingerprint density at radius 3 is 2.86 bits per heavy atom. The zero-order valence-corrected chi connectivity index (χ0v) is 12.2. The van der Waals surface area contributed by atoms with Crippen molar-refractivity contribution in [2.24, 2.45) is 0 Å². The van der Waals surface area contributed by atoms with Crippen LogP contribution in [-0.4, -0.2) is 46.6 Å². The number of likely N-dealkylation sites (tertiary alicyclic amines) is 1. The summed E-state index contributed by atoms with van der Waals surface area (Å²) in [5.74, 6) is 1.20. The van der Waals surface area contributed by atoms with E-state index < -0.39 is 0 Å². The van der Waals surface area contributed by atoms with E-state index in [4.69, 9.17) is 4.74 Å². The minimum absolute atomic E-state index is 0.0263. The van der Waals surface area contributed by atoms with Crippen LogP contribution in [0.5, 0.6) is 0 Å². The van der Waals surface area contributed by atoms with Gasteiger partial charge in [0.15, 0.2) is 0 Å². The summed E-state index contributed by atoms with van der Waals surface area (Å²) in [5, 5.41) is 0. The van der Waals surface area contributed by atoms with Gasteiger partial charge < -0.3 is 9.64 Å². The summed E-state index contributed by atoms with van der Waals surface area (Å²) in [6.07, 6.45) is 1.47. The van der Waals surface area contributed by atoms with Gasteiger partial charge in [0.05, 0.1) is 18.3 Å². The highest BCUT2D eigenvalue weighted by Gasteiger charge is 2.31. The quantitative estimate of drug-likeness (QED) is 0.823. The van der Waals surface area contributed by atoms with Gasteiger partial charge in [0.25, 0.3) is 0 Å². The molecule has 2 fully saturated rings. The molecule has 7 nitrogen and oxygen atoms in total. The van der Waals surface area contributed by atoms with Crippen LogP contribution >= 0.6 is 0 Å². The number of aromatic nitrogens is 2. The third kappa shape index (κ3) is 2.55. The molecule has 0 N–H and O–H groups in total. The topological polar surface area (TPSA) is 75.6 Å². The van der Waals surface area contributed by atoms with Crippen molar-refractivity contribution in [1.82, 2.24) is 14.9 Å². The van der Waals surface area contributed by atoms with Crippen molar-refractivity contribution in [2.75, 3.05) is 24.6 Å². The van der Waals surface area contributed by atoms with Crippen LogP contribution in [0.3, 0.4) is 0 Å². The Labute approximate surface area is 122 Å². The Morgan fingerprint density at radius 2 is 2.19 bits per heavy atom. The van der Waals surface area contributed by atoms with Crippen molar-refractivity contribution < 1.29 is 14.3 Å². The number of aryl methyl sites for hydroxylation is 1. The van der Waals surface area contributed by atoms with Crippen LogP contribution in [-0.2, 0) is 9.53 Å². The largest absolute Gasteiger partial charge is 0.447 e. The van der Waals surface area contributed by atoms with Gasteiger partial charge in [0.2, 0.25) is 5.91 Å². The van der Waals surface area contributed by atoms with Crippen molar-refractivity contribution in [3.63, 3.8) is 0 Å². The summed E-state index contributed by atoms with van der Waals surface area (Å²) in [6.45, 7) is 4.99. The maximum Gasteiger partial charge on any atom is 0.415 e. The number of hydrogen-bond donors (Lipinski definition) is 0. The van der Waals surface area contributed by atoms with Gasteiger partial charge in [0, 0.05) is 19.5 Å².